The monoisotopic (exact) mass is 221 g/mol. The molecule has 2 N–H and O–H groups in total. The molecule has 1 unspecified atom stereocenters. The number of rotatable bonds is 2. The summed E-state index contributed by atoms with van der Waals surface area (Å²) in [7, 11) is 0. The molecular formula is C13H16ClN. The fourth-order valence-electron chi connectivity index (χ4n) is 2.05. The van der Waals surface area contributed by atoms with E-state index in [-0.39, 0.29) is 6.04 Å². The number of nitrogens with two attached hydrogens (primary N) is 1. The van der Waals surface area contributed by atoms with E-state index in [1.54, 1.807) is 0 Å². The molecule has 0 aliphatic heterocycles. The Morgan fingerprint density at radius 2 is 2.27 bits per heavy atom. The van der Waals surface area contributed by atoms with Crippen molar-refractivity contribution >= 4 is 11.6 Å². The number of benzene rings is 1. The second-order valence-electron chi connectivity index (χ2n) is 4.29. The summed E-state index contributed by atoms with van der Waals surface area (Å²) in [5.41, 5.74) is 9.78. The Kier molecular flexibility index (Phi) is 3.13. The van der Waals surface area contributed by atoms with Gasteiger partial charge in [0.05, 0.1) is 0 Å². The quantitative estimate of drug-likeness (QED) is 0.763. The second kappa shape index (κ2) is 4.38. The lowest BCUT2D eigenvalue weighted by Crippen LogP contribution is -2.11. The van der Waals surface area contributed by atoms with E-state index in [1.165, 1.54) is 11.1 Å². The first kappa shape index (κ1) is 10.7. The smallest absolute Gasteiger partial charge is 0.0435 e. The van der Waals surface area contributed by atoms with Crippen LogP contribution in [0.15, 0.2) is 29.8 Å². The molecule has 0 saturated carbocycles. The Morgan fingerprint density at radius 3 is 2.87 bits per heavy atom. The van der Waals surface area contributed by atoms with Crippen molar-refractivity contribution in [3.8, 4) is 0 Å². The highest BCUT2D eigenvalue weighted by Crippen LogP contribution is 2.23. The SMILES string of the molecule is Cc1cc(CC2=CC(N)CC2)ccc1Cl. The van der Waals surface area contributed by atoms with Gasteiger partial charge in [0.25, 0.3) is 0 Å². The Bertz CT molecular complexity index is 396. The third kappa shape index (κ3) is 2.61. The van der Waals surface area contributed by atoms with E-state index in [0.717, 1.165) is 29.8 Å². The van der Waals surface area contributed by atoms with Gasteiger partial charge in [-0.1, -0.05) is 35.4 Å². The highest BCUT2D eigenvalue weighted by molar-refractivity contribution is 6.31. The maximum atomic E-state index is 5.99. The van der Waals surface area contributed by atoms with Gasteiger partial charge in [0.2, 0.25) is 0 Å². The molecule has 0 heterocycles. The number of halogens is 1. The van der Waals surface area contributed by atoms with Crippen molar-refractivity contribution in [2.24, 2.45) is 5.73 Å². The number of aryl methyl sites for hydroxylation is 1. The van der Waals surface area contributed by atoms with Gasteiger partial charge in [-0.25, -0.2) is 0 Å². The van der Waals surface area contributed by atoms with E-state index in [9.17, 15) is 0 Å². The highest BCUT2D eigenvalue weighted by atomic mass is 35.5. The molecule has 1 aliphatic carbocycles. The summed E-state index contributed by atoms with van der Waals surface area (Å²) < 4.78 is 0. The fourth-order valence-corrected chi connectivity index (χ4v) is 2.17. The van der Waals surface area contributed by atoms with Gasteiger partial charge in [-0.3, -0.25) is 0 Å². The Morgan fingerprint density at radius 1 is 1.47 bits per heavy atom. The molecule has 2 rings (SSSR count). The second-order valence-corrected chi connectivity index (χ2v) is 4.69. The normalized spacial score (nSPS) is 20.5. The molecule has 2 heteroatoms. The molecule has 0 radical (unpaired) electrons. The molecule has 1 aromatic rings. The van der Waals surface area contributed by atoms with Gasteiger partial charge in [0, 0.05) is 11.1 Å². The minimum atomic E-state index is 0.272. The molecular weight excluding hydrogens is 206 g/mol. The summed E-state index contributed by atoms with van der Waals surface area (Å²) in [5.74, 6) is 0. The maximum absolute atomic E-state index is 5.99. The van der Waals surface area contributed by atoms with Crippen molar-refractivity contribution < 1.29 is 0 Å². The molecule has 0 spiro atoms. The molecule has 0 amide bonds. The summed E-state index contributed by atoms with van der Waals surface area (Å²) in [6.07, 6.45) is 5.46. The lowest BCUT2D eigenvalue weighted by molar-refractivity contribution is 0.770. The van der Waals surface area contributed by atoms with E-state index in [2.05, 4.69) is 18.2 Å². The summed E-state index contributed by atoms with van der Waals surface area (Å²) in [6, 6.07) is 6.50. The third-order valence-electron chi connectivity index (χ3n) is 2.90. The molecule has 15 heavy (non-hydrogen) atoms. The highest BCUT2D eigenvalue weighted by Gasteiger charge is 2.12. The van der Waals surface area contributed by atoms with Crippen molar-refractivity contribution in [2.45, 2.75) is 32.2 Å². The Labute approximate surface area is 95.9 Å². The standard InChI is InChI=1S/C13H16ClN/c1-9-6-10(3-5-13(9)14)7-11-2-4-12(15)8-11/h3,5-6,8,12H,2,4,7,15H2,1H3. The minimum Gasteiger partial charge on any atom is -0.324 e. The van der Waals surface area contributed by atoms with Crippen LogP contribution in [0.1, 0.15) is 24.0 Å². The first-order chi connectivity index (χ1) is 7.15. The first-order valence-electron chi connectivity index (χ1n) is 5.35. The van der Waals surface area contributed by atoms with Gasteiger partial charge in [-0.05, 0) is 43.4 Å². The Balaban J connectivity index is 2.11. The van der Waals surface area contributed by atoms with Gasteiger partial charge >= 0.3 is 0 Å². The Hall–Kier alpha value is -0.790. The number of hydrogen-bond acceptors (Lipinski definition) is 1. The van der Waals surface area contributed by atoms with Crippen molar-refractivity contribution in [1.29, 1.82) is 0 Å². The topological polar surface area (TPSA) is 26.0 Å². The first-order valence-corrected chi connectivity index (χ1v) is 5.73. The van der Waals surface area contributed by atoms with Crippen LogP contribution in [0.3, 0.4) is 0 Å². The largest absolute Gasteiger partial charge is 0.324 e. The summed E-state index contributed by atoms with van der Waals surface area (Å²) in [6.45, 7) is 2.04. The molecule has 1 atom stereocenters. The molecule has 0 bridgehead atoms. The lowest BCUT2D eigenvalue weighted by atomic mass is 10.0. The molecule has 80 valence electrons. The number of hydrogen-bond donors (Lipinski definition) is 1. The van der Waals surface area contributed by atoms with E-state index in [0.29, 0.717) is 0 Å². The van der Waals surface area contributed by atoms with Crippen LogP contribution >= 0.6 is 11.6 Å². The predicted molar refractivity (Wildman–Crippen MR) is 65.2 cm³/mol. The van der Waals surface area contributed by atoms with Crippen molar-refractivity contribution in [1.82, 2.24) is 0 Å². The van der Waals surface area contributed by atoms with Crippen LogP contribution in [0, 0.1) is 6.92 Å². The van der Waals surface area contributed by atoms with Gasteiger partial charge in [0.1, 0.15) is 0 Å². The average Bonchev–Trinajstić information content (AvgIpc) is 2.58. The van der Waals surface area contributed by atoms with Crippen LogP contribution in [-0.4, -0.2) is 6.04 Å². The van der Waals surface area contributed by atoms with Crippen LogP contribution in [-0.2, 0) is 6.42 Å². The van der Waals surface area contributed by atoms with Crippen LogP contribution in [0.25, 0.3) is 0 Å². The van der Waals surface area contributed by atoms with Gasteiger partial charge in [0.15, 0.2) is 0 Å². The van der Waals surface area contributed by atoms with Crippen LogP contribution < -0.4 is 5.73 Å². The van der Waals surface area contributed by atoms with Gasteiger partial charge < -0.3 is 5.73 Å². The molecule has 0 aromatic heterocycles. The van der Waals surface area contributed by atoms with Gasteiger partial charge in [-0.15, -0.1) is 0 Å². The zero-order chi connectivity index (χ0) is 10.8. The van der Waals surface area contributed by atoms with E-state index in [1.807, 2.05) is 13.0 Å². The van der Waals surface area contributed by atoms with Crippen LogP contribution in [0.4, 0.5) is 0 Å². The zero-order valence-corrected chi connectivity index (χ0v) is 9.72. The van der Waals surface area contributed by atoms with Crippen molar-refractivity contribution in [2.75, 3.05) is 0 Å². The van der Waals surface area contributed by atoms with E-state index in [4.69, 9.17) is 17.3 Å². The van der Waals surface area contributed by atoms with Crippen molar-refractivity contribution in [3.05, 3.63) is 46.0 Å². The zero-order valence-electron chi connectivity index (χ0n) is 8.96. The minimum absolute atomic E-state index is 0.272. The molecule has 0 saturated heterocycles. The van der Waals surface area contributed by atoms with Gasteiger partial charge in [-0.2, -0.15) is 0 Å². The molecule has 0 fully saturated rings. The predicted octanol–water partition coefficient (Wildman–Crippen LogP) is 3.24. The van der Waals surface area contributed by atoms with Crippen molar-refractivity contribution in [3.63, 3.8) is 0 Å². The fraction of sp³-hybridized carbons (Fsp3) is 0.385. The number of allylic oxidation sites excluding steroid dienone is 1. The van der Waals surface area contributed by atoms with E-state index >= 15 is 0 Å². The average molecular weight is 222 g/mol. The summed E-state index contributed by atoms with van der Waals surface area (Å²) >= 11 is 5.99. The molecule has 1 aromatic carbocycles. The van der Waals surface area contributed by atoms with Crippen LogP contribution in [0.2, 0.25) is 5.02 Å². The van der Waals surface area contributed by atoms with Crippen LogP contribution in [0.5, 0.6) is 0 Å². The molecule has 1 nitrogen and oxygen atoms in total. The van der Waals surface area contributed by atoms with E-state index < -0.39 is 0 Å². The lowest BCUT2D eigenvalue weighted by Gasteiger charge is -2.04. The third-order valence-corrected chi connectivity index (χ3v) is 3.33. The summed E-state index contributed by atoms with van der Waals surface area (Å²) in [5, 5.41) is 0.843. The summed E-state index contributed by atoms with van der Waals surface area (Å²) in [4.78, 5) is 0. The maximum Gasteiger partial charge on any atom is 0.0435 e. The molecule has 1 aliphatic rings.